The molecule has 96 valence electrons. The molecule has 0 bridgehead atoms. The topological polar surface area (TPSA) is 21.7 Å². The Kier molecular flexibility index (Phi) is 2.90. The zero-order chi connectivity index (χ0) is 12.5. The van der Waals surface area contributed by atoms with Crippen LogP contribution in [0.1, 0.15) is 24.0 Å². The third kappa shape index (κ3) is 1.74. The lowest BCUT2D eigenvalue weighted by atomic mass is 10.1. The Balaban J connectivity index is 1.98. The van der Waals surface area contributed by atoms with Gasteiger partial charge < -0.3 is 14.4 Å². The molecule has 3 heteroatoms. The van der Waals surface area contributed by atoms with E-state index in [1.807, 2.05) is 0 Å². The quantitative estimate of drug-likeness (QED) is 0.817. The average molecular weight is 245 g/mol. The van der Waals surface area contributed by atoms with Crippen LogP contribution < -0.4 is 9.47 Å². The summed E-state index contributed by atoms with van der Waals surface area (Å²) >= 11 is 0. The van der Waals surface area contributed by atoms with E-state index in [-0.39, 0.29) is 0 Å². The van der Waals surface area contributed by atoms with Gasteiger partial charge in [-0.2, -0.15) is 0 Å². The van der Waals surface area contributed by atoms with E-state index in [9.17, 15) is 0 Å². The Morgan fingerprint density at radius 2 is 1.67 bits per heavy atom. The first-order chi connectivity index (χ1) is 8.83. The van der Waals surface area contributed by atoms with E-state index in [1.165, 1.54) is 42.8 Å². The number of likely N-dealkylation sites (tertiary alicyclic amines) is 1. The van der Waals surface area contributed by atoms with Gasteiger partial charge in [0.05, 0.1) is 14.2 Å². The SMILES string of the molecule is COc1cc2c(cc1OC)C(N1CCCC1)=CC2. The maximum atomic E-state index is 5.40. The minimum Gasteiger partial charge on any atom is -0.493 e. The molecule has 1 saturated heterocycles. The van der Waals surface area contributed by atoms with Crippen LogP contribution in [0.15, 0.2) is 18.2 Å². The van der Waals surface area contributed by atoms with Crippen LogP contribution in [0.4, 0.5) is 0 Å². The summed E-state index contributed by atoms with van der Waals surface area (Å²) in [4.78, 5) is 2.48. The molecule has 3 nitrogen and oxygen atoms in total. The smallest absolute Gasteiger partial charge is 0.161 e. The average Bonchev–Trinajstić information content (AvgIpc) is 3.05. The second-order valence-corrected chi connectivity index (χ2v) is 4.85. The van der Waals surface area contributed by atoms with Gasteiger partial charge in [-0.15, -0.1) is 0 Å². The lowest BCUT2D eigenvalue weighted by Gasteiger charge is -2.21. The lowest BCUT2D eigenvalue weighted by molar-refractivity contribution is 0.354. The molecule has 0 spiro atoms. The zero-order valence-corrected chi connectivity index (χ0v) is 11.0. The predicted molar refractivity (Wildman–Crippen MR) is 72.0 cm³/mol. The van der Waals surface area contributed by atoms with Crippen molar-refractivity contribution in [2.75, 3.05) is 27.3 Å². The first kappa shape index (κ1) is 11.5. The van der Waals surface area contributed by atoms with Gasteiger partial charge in [-0.25, -0.2) is 0 Å². The van der Waals surface area contributed by atoms with E-state index in [2.05, 4.69) is 23.1 Å². The van der Waals surface area contributed by atoms with Crippen molar-refractivity contribution >= 4 is 5.70 Å². The van der Waals surface area contributed by atoms with E-state index < -0.39 is 0 Å². The van der Waals surface area contributed by atoms with Crippen LogP contribution in [0.3, 0.4) is 0 Å². The molecule has 1 aliphatic carbocycles. The summed E-state index contributed by atoms with van der Waals surface area (Å²) < 4.78 is 10.8. The summed E-state index contributed by atoms with van der Waals surface area (Å²) in [5.41, 5.74) is 4.03. The van der Waals surface area contributed by atoms with Crippen molar-refractivity contribution in [3.05, 3.63) is 29.3 Å². The second kappa shape index (κ2) is 4.56. The highest BCUT2D eigenvalue weighted by molar-refractivity contribution is 5.74. The van der Waals surface area contributed by atoms with Crippen molar-refractivity contribution < 1.29 is 9.47 Å². The van der Waals surface area contributed by atoms with Crippen LogP contribution in [0.25, 0.3) is 5.70 Å². The van der Waals surface area contributed by atoms with E-state index >= 15 is 0 Å². The lowest BCUT2D eigenvalue weighted by Crippen LogP contribution is -2.16. The van der Waals surface area contributed by atoms with Gasteiger partial charge in [-0.1, -0.05) is 6.08 Å². The van der Waals surface area contributed by atoms with Gasteiger partial charge in [-0.3, -0.25) is 0 Å². The molecule has 1 heterocycles. The minimum absolute atomic E-state index is 0.822. The molecule has 0 radical (unpaired) electrons. The van der Waals surface area contributed by atoms with Gasteiger partial charge in [0.1, 0.15) is 0 Å². The fourth-order valence-corrected chi connectivity index (χ4v) is 2.90. The highest BCUT2D eigenvalue weighted by atomic mass is 16.5. The summed E-state index contributed by atoms with van der Waals surface area (Å²) in [7, 11) is 3.38. The summed E-state index contributed by atoms with van der Waals surface area (Å²) in [6.07, 6.45) is 5.94. The Morgan fingerprint density at radius 1 is 1.00 bits per heavy atom. The van der Waals surface area contributed by atoms with Gasteiger partial charge >= 0.3 is 0 Å². The van der Waals surface area contributed by atoms with Crippen molar-refractivity contribution in [1.82, 2.24) is 4.90 Å². The van der Waals surface area contributed by atoms with Gasteiger partial charge in [0.15, 0.2) is 11.5 Å². The molecule has 1 aromatic rings. The number of nitrogens with zero attached hydrogens (tertiary/aromatic N) is 1. The molecule has 2 aliphatic rings. The van der Waals surface area contributed by atoms with Gasteiger partial charge in [0.2, 0.25) is 0 Å². The summed E-state index contributed by atoms with van der Waals surface area (Å²) in [5, 5.41) is 0. The molecule has 0 unspecified atom stereocenters. The van der Waals surface area contributed by atoms with Gasteiger partial charge in [0.25, 0.3) is 0 Å². The van der Waals surface area contributed by atoms with Gasteiger partial charge in [-0.05, 0) is 37.0 Å². The Bertz CT molecular complexity index is 488. The van der Waals surface area contributed by atoms with E-state index in [1.54, 1.807) is 14.2 Å². The number of fused-ring (bicyclic) bond motifs is 1. The Hall–Kier alpha value is -1.64. The summed E-state index contributed by atoms with van der Waals surface area (Å²) in [6.45, 7) is 2.36. The third-order valence-electron chi connectivity index (χ3n) is 3.85. The zero-order valence-electron chi connectivity index (χ0n) is 11.0. The second-order valence-electron chi connectivity index (χ2n) is 4.85. The van der Waals surface area contributed by atoms with Crippen LogP contribution in [-0.2, 0) is 6.42 Å². The number of rotatable bonds is 3. The van der Waals surface area contributed by atoms with Crippen LogP contribution in [0, 0.1) is 0 Å². The number of benzene rings is 1. The van der Waals surface area contributed by atoms with E-state index in [0.29, 0.717) is 0 Å². The van der Waals surface area contributed by atoms with Crippen molar-refractivity contribution in [3.63, 3.8) is 0 Å². The highest BCUT2D eigenvalue weighted by Crippen LogP contribution is 2.39. The van der Waals surface area contributed by atoms with E-state index in [0.717, 1.165) is 17.9 Å². The minimum atomic E-state index is 0.822. The van der Waals surface area contributed by atoms with Gasteiger partial charge in [0, 0.05) is 24.4 Å². The Morgan fingerprint density at radius 3 is 2.33 bits per heavy atom. The molecule has 0 amide bonds. The van der Waals surface area contributed by atoms with Crippen molar-refractivity contribution in [1.29, 1.82) is 0 Å². The number of hydrogen-bond acceptors (Lipinski definition) is 3. The molecule has 1 fully saturated rings. The standard InChI is InChI=1S/C15H19NO2/c1-17-14-9-11-5-6-13(16-7-3-4-8-16)12(11)10-15(14)18-2/h6,9-10H,3-5,7-8H2,1-2H3. The molecule has 0 saturated carbocycles. The molecule has 3 rings (SSSR count). The predicted octanol–water partition coefficient (Wildman–Crippen LogP) is 2.70. The molecular formula is C15H19NO2. The number of methoxy groups -OCH3 is 2. The molecule has 0 N–H and O–H groups in total. The first-order valence-electron chi connectivity index (χ1n) is 6.54. The maximum absolute atomic E-state index is 5.40. The Labute approximate surface area is 108 Å². The molecule has 0 aromatic heterocycles. The van der Waals surface area contributed by atoms with Crippen molar-refractivity contribution in [2.24, 2.45) is 0 Å². The number of ether oxygens (including phenoxy) is 2. The monoisotopic (exact) mass is 245 g/mol. The van der Waals surface area contributed by atoms with Crippen LogP contribution >= 0.6 is 0 Å². The first-order valence-corrected chi connectivity index (χ1v) is 6.54. The van der Waals surface area contributed by atoms with Crippen LogP contribution in [0.5, 0.6) is 11.5 Å². The molecule has 1 aliphatic heterocycles. The molecular weight excluding hydrogens is 226 g/mol. The van der Waals surface area contributed by atoms with Crippen molar-refractivity contribution in [2.45, 2.75) is 19.3 Å². The molecule has 1 aromatic carbocycles. The van der Waals surface area contributed by atoms with Crippen LogP contribution in [0.2, 0.25) is 0 Å². The number of allylic oxidation sites excluding steroid dienone is 1. The third-order valence-corrected chi connectivity index (χ3v) is 3.85. The van der Waals surface area contributed by atoms with Crippen molar-refractivity contribution in [3.8, 4) is 11.5 Å². The maximum Gasteiger partial charge on any atom is 0.161 e. The fourth-order valence-electron chi connectivity index (χ4n) is 2.90. The molecule has 18 heavy (non-hydrogen) atoms. The highest BCUT2D eigenvalue weighted by Gasteiger charge is 2.24. The van der Waals surface area contributed by atoms with Crippen LogP contribution in [-0.4, -0.2) is 32.2 Å². The fraction of sp³-hybridized carbons (Fsp3) is 0.467. The normalized spacial score (nSPS) is 17.7. The largest absolute Gasteiger partial charge is 0.493 e. The summed E-state index contributed by atoms with van der Waals surface area (Å²) in [6, 6.07) is 4.22. The van der Waals surface area contributed by atoms with E-state index in [4.69, 9.17) is 9.47 Å². The molecule has 0 atom stereocenters. The summed E-state index contributed by atoms with van der Waals surface area (Å²) in [5.74, 6) is 1.65. The number of hydrogen-bond donors (Lipinski definition) is 0.